The van der Waals surface area contributed by atoms with E-state index >= 15 is 0 Å². The number of aryl methyl sites for hydroxylation is 1. The molecular weight excluding hydrogens is 832 g/mol. The molecule has 15 heteroatoms. The van der Waals surface area contributed by atoms with Crippen molar-refractivity contribution in [3.05, 3.63) is 153 Å². The van der Waals surface area contributed by atoms with Crippen molar-refractivity contribution in [2.45, 2.75) is 83.6 Å². The lowest BCUT2D eigenvalue weighted by Crippen LogP contribution is -2.39. The fourth-order valence-corrected chi connectivity index (χ4v) is 10.4. The molecule has 1 saturated heterocycles. The summed E-state index contributed by atoms with van der Waals surface area (Å²) in [6, 6.07) is 35.7. The van der Waals surface area contributed by atoms with Gasteiger partial charge in [-0.3, -0.25) is 14.0 Å². The maximum atomic E-state index is 14.0. The maximum absolute atomic E-state index is 14.0. The van der Waals surface area contributed by atoms with Gasteiger partial charge in [-0.2, -0.15) is 10.2 Å². The number of hydrogen-bond acceptors (Lipinski definition) is 11. The number of benzene rings is 4. The van der Waals surface area contributed by atoms with Gasteiger partial charge in [0.2, 0.25) is 0 Å². The summed E-state index contributed by atoms with van der Waals surface area (Å²) in [6.45, 7) is 10.5. The number of fused-ring (bicyclic) bond motifs is 5. The Morgan fingerprint density at radius 2 is 1.53 bits per heavy atom. The Morgan fingerprint density at radius 1 is 0.891 bits per heavy atom. The van der Waals surface area contributed by atoms with Crippen molar-refractivity contribution >= 4 is 36.0 Å². The van der Waals surface area contributed by atoms with Crippen molar-refractivity contribution in [1.82, 2.24) is 23.6 Å². The first-order valence-corrected chi connectivity index (χ1v) is 22.5. The summed E-state index contributed by atoms with van der Waals surface area (Å²) in [6.07, 6.45) is -0.123. The third kappa shape index (κ3) is 8.67. The molecule has 1 fully saturated rings. The summed E-state index contributed by atoms with van der Waals surface area (Å²) in [4.78, 5) is 34.7. The number of H-pyrrole nitrogens is 1. The molecule has 4 atom stereocenters. The average molecular weight is 885 g/mol. The number of nitrogens with zero attached hydrogens (tertiary/aromatic N) is 5. The lowest BCUT2D eigenvalue weighted by atomic mass is 9.80. The van der Waals surface area contributed by atoms with E-state index < -0.39 is 43.9 Å². The van der Waals surface area contributed by atoms with Crippen LogP contribution in [0.5, 0.6) is 11.5 Å². The van der Waals surface area contributed by atoms with E-state index in [9.17, 15) is 14.9 Å². The second-order valence-electron chi connectivity index (χ2n) is 16.4. The Bertz CT molecular complexity index is 2840. The topological polar surface area (TPSA) is 155 Å². The van der Waals surface area contributed by atoms with Gasteiger partial charge in [-0.15, -0.1) is 0 Å². The molecule has 0 spiro atoms. The number of nitrogens with one attached hydrogen (secondary N) is 1. The van der Waals surface area contributed by atoms with Crippen LogP contribution >= 0.6 is 8.53 Å². The summed E-state index contributed by atoms with van der Waals surface area (Å²) in [7, 11) is 1.53. The highest BCUT2D eigenvalue weighted by Gasteiger charge is 2.45. The largest absolute Gasteiger partial charge is 0.497 e. The predicted molar refractivity (Wildman–Crippen MR) is 247 cm³/mol. The smallest absolute Gasteiger partial charge is 0.351 e. The van der Waals surface area contributed by atoms with E-state index in [2.05, 4.69) is 48.4 Å². The molecule has 7 aromatic rings. The predicted octanol–water partition coefficient (Wildman–Crippen LogP) is 8.77. The summed E-state index contributed by atoms with van der Waals surface area (Å²) >= 11 is 0. The zero-order valence-electron chi connectivity index (χ0n) is 37.1. The van der Waals surface area contributed by atoms with Crippen LogP contribution in [0.4, 0.5) is 0 Å². The molecule has 64 heavy (non-hydrogen) atoms. The molecule has 8 rings (SSSR count). The fourth-order valence-electron chi connectivity index (χ4n) is 8.69. The number of ether oxygens (including phenoxy) is 4. The van der Waals surface area contributed by atoms with Gasteiger partial charge in [0, 0.05) is 30.1 Å². The summed E-state index contributed by atoms with van der Waals surface area (Å²) in [5, 5.41) is 10.9. The number of rotatable bonds is 17. The van der Waals surface area contributed by atoms with Crippen LogP contribution in [0.1, 0.15) is 69.0 Å². The Kier molecular flexibility index (Phi) is 13.3. The van der Waals surface area contributed by atoms with Crippen molar-refractivity contribution in [1.29, 1.82) is 5.26 Å². The van der Waals surface area contributed by atoms with Crippen molar-refractivity contribution < 1.29 is 28.0 Å². The molecule has 1 N–H and O–H groups in total. The molecule has 14 nitrogen and oxygen atoms in total. The first-order valence-electron chi connectivity index (χ1n) is 21.4. The van der Waals surface area contributed by atoms with Crippen LogP contribution in [0.3, 0.4) is 0 Å². The van der Waals surface area contributed by atoms with Crippen LogP contribution in [-0.4, -0.2) is 75.3 Å². The van der Waals surface area contributed by atoms with E-state index in [0.717, 1.165) is 33.2 Å². The molecule has 1 aliphatic rings. The highest BCUT2D eigenvalue weighted by Crippen LogP contribution is 2.51. The van der Waals surface area contributed by atoms with Crippen LogP contribution in [-0.2, 0) is 24.1 Å². The quantitative estimate of drug-likeness (QED) is 0.0530. The van der Waals surface area contributed by atoms with E-state index in [1.165, 1.54) is 4.57 Å². The van der Waals surface area contributed by atoms with Crippen LogP contribution in [0.2, 0.25) is 0 Å². The summed E-state index contributed by atoms with van der Waals surface area (Å²) in [5.74, 6) is 1.39. The number of aromatic amines is 1. The van der Waals surface area contributed by atoms with Gasteiger partial charge >= 0.3 is 11.4 Å². The van der Waals surface area contributed by atoms with E-state index in [1.54, 1.807) is 24.8 Å². The molecular formula is C49H53N6O8P. The minimum Gasteiger partial charge on any atom is -0.497 e. The molecule has 0 saturated carbocycles. The number of methoxy groups -OCH3 is 2. The Hall–Kier alpha value is -5.91. The first-order chi connectivity index (χ1) is 30.9. The van der Waals surface area contributed by atoms with Gasteiger partial charge in [-0.05, 0) is 93.8 Å². The molecule has 0 amide bonds. The molecule has 4 heterocycles. The molecule has 3 aromatic heterocycles. The molecule has 0 aliphatic carbocycles. The van der Waals surface area contributed by atoms with Gasteiger partial charge in [0.05, 0.1) is 62.4 Å². The van der Waals surface area contributed by atoms with Crippen molar-refractivity contribution in [2.75, 3.05) is 27.4 Å². The number of aromatic nitrogens is 4. The molecule has 0 bridgehead atoms. The summed E-state index contributed by atoms with van der Waals surface area (Å²) < 4.78 is 44.1. The standard InChI is InChI=1S/C49H53N6O8P/c1-31(2)55(32(3)4)64(61-25-11-24-50)63-43-28-45(53-29-40-42-27-34-26-33(5)14-23-41(34)54(42)48(57)52-46(40)51-47(53)56)62-44(43)30-60-49(35-12-9-8-10-13-35,36-15-19-38(58-6)20-16-36)37-17-21-39(59-7)22-18-37/h8-10,12-23,26-27,29,31-32,43-45H,11,25,28,30H2,1-7H3,(H,51,52,56,57)/t43-,44+,45+,64?/m0/s1. The van der Waals surface area contributed by atoms with Gasteiger partial charge < -0.3 is 28.0 Å². The Morgan fingerprint density at radius 3 is 2.14 bits per heavy atom. The highest BCUT2D eigenvalue weighted by atomic mass is 31.2. The minimum absolute atomic E-state index is 0.00954. The zero-order valence-corrected chi connectivity index (χ0v) is 38.0. The van der Waals surface area contributed by atoms with Gasteiger partial charge in [-0.25, -0.2) is 14.3 Å². The zero-order chi connectivity index (χ0) is 45.1. The first kappa shape index (κ1) is 44.7. The second-order valence-corrected chi connectivity index (χ2v) is 17.8. The molecule has 1 aliphatic heterocycles. The Balaban J connectivity index is 1.24. The normalized spacial score (nSPS) is 17.2. The average Bonchev–Trinajstić information content (AvgIpc) is 3.88. The van der Waals surface area contributed by atoms with Gasteiger partial charge in [0.25, 0.3) is 8.53 Å². The summed E-state index contributed by atoms with van der Waals surface area (Å²) in [5.41, 5.74) is 2.96. The van der Waals surface area contributed by atoms with Crippen LogP contribution in [0.25, 0.3) is 27.5 Å². The highest BCUT2D eigenvalue weighted by molar-refractivity contribution is 7.44. The third-order valence-corrected chi connectivity index (χ3v) is 13.8. The third-order valence-electron chi connectivity index (χ3n) is 11.6. The Labute approximate surface area is 372 Å². The number of hydrogen-bond donors (Lipinski definition) is 1. The molecule has 0 radical (unpaired) electrons. The second kappa shape index (κ2) is 19.1. The lowest BCUT2D eigenvalue weighted by molar-refractivity contribution is -0.0924. The van der Waals surface area contributed by atoms with Gasteiger partial charge in [0.1, 0.15) is 29.4 Å². The minimum atomic E-state index is -1.73. The van der Waals surface area contributed by atoms with E-state index in [0.29, 0.717) is 22.4 Å². The molecule has 332 valence electrons. The van der Waals surface area contributed by atoms with Crippen molar-refractivity contribution in [3.63, 3.8) is 0 Å². The van der Waals surface area contributed by atoms with Crippen molar-refractivity contribution in [2.24, 2.45) is 0 Å². The SMILES string of the molecule is COc1ccc(C(OC[C@H]2O[C@@H](n3cc4c(nc3=O)[nH]c(=O)n3c5ccc(C)cc5cc43)C[C@@H]2OP(OCCC#N)N(C(C)C)C(C)C)(c2ccccc2)c2ccc(OC)cc2)cc1. The van der Waals surface area contributed by atoms with E-state index in [4.69, 9.17) is 28.0 Å². The monoisotopic (exact) mass is 884 g/mol. The fraction of sp³-hybridized carbons (Fsp3) is 0.347. The van der Waals surface area contributed by atoms with Gasteiger partial charge in [0.15, 0.2) is 5.65 Å². The number of nitriles is 1. The van der Waals surface area contributed by atoms with Gasteiger partial charge in [-0.1, -0.05) is 66.2 Å². The van der Waals surface area contributed by atoms with Crippen molar-refractivity contribution in [3.8, 4) is 17.6 Å². The van der Waals surface area contributed by atoms with E-state index in [-0.39, 0.29) is 43.8 Å². The van der Waals surface area contributed by atoms with E-state index in [1.807, 2.05) is 110 Å². The van der Waals surface area contributed by atoms with Crippen LogP contribution in [0.15, 0.2) is 119 Å². The van der Waals surface area contributed by atoms with Crippen LogP contribution in [0, 0.1) is 18.3 Å². The molecule has 4 aromatic carbocycles. The van der Waals surface area contributed by atoms with Crippen LogP contribution < -0.4 is 20.9 Å². The lowest BCUT2D eigenvalue weighted by Gasteiger charge is -2.39. The molecule has 1 unspecified atom stereocenters. The maximum Gasteiger partial charge on any atom is 0.351 e.